The number of aryl methyl sites for hydroxylation is 1. The first-order chi connectivity index (χ1) is 9.79. The van der Waals surface area contributed by atoms with Crippen molar-refractivity contribution in [1.82, 2.24) is 10.6 Å². The van der Waals surface area contributed by atoms with Crippen LogP contribution in [0.15, 0.2) is 24.3 Å². The van der Waals surface area contributed by atoms with Gasteiger partial charge in [0.25, 0.3) is 0 Å². The van der Waals surface area contributed by atoms with Crippen LogP contribution in [0.5, 0.6) is 0 Å². The number of carbonyl (C=O) groups excluding carboxylic acids is 1. The van der Waals surface area contributed by atoms with E-state index in [1.807, 2.05) is 36.0 Å². The lowest BCUT2D eigenvalue weighted by Crippen LogP contribution is -2.54. The van der Waals surface area contributed by atoms with Crippen molar-refractivity contribution in [2.24, 2.45) is 0 Å². The van der Waals surface area contributed by atoms with E-state index in [2.05, 4.69) is 16.7 Å². The summed E-state index contributed by atoms with van der Waals surface area (Å²) in [5, 5.41) is 14.8. The van der Waals surface area contributed by atoms with Gasteiger partial charge in [-0.05, 0) is 36.3 Å². The van der Waals surface area contributed by atoms with E-state index in [-0.39, 0.29) is 11.9 Å². The van der Waals surface area contributed by atoms with Crippen molar-refractivity contribution >= 4 is 17.7 Å². The standard InChI is InChI=1S/C15H19N3OS/c16-10-13-5-3-12(4-6-13)2-1-9-20-11-14-15(19)18-8-7-17-14/h3-6,14,17H,1-2,7-9,11H2,(H,18,19)/t14-/m1/s1. The molecular formula is C15H19N3OS. The maximum absolute atomic E-state index is 11.5. The lowest BCUT2D eigenvalue weighted by molar-refractivity contribution is -0.123. The molecule has 1 aliphatic heterocycles. The first-order valence-electron chi connectivity index (χ1n) is 6.87. The quantitative estimate of drug-likeness (QED) is 0.775. The predicted molar refractivity (Wildman–Crippen MR) is 81.6 cm³/mol. The fourth-order valence-corrected chi connectivity index (χ4v) is 3.13. The molecule has 1 fully saturated rings. The van der Waals surface area contributed by atoms with Gasteiger partial charge in [-0.3, -0.25) is 4.79 Å². The van der Waals surface area contributed by atoms with Gasteiger partial charge in [0.1, 0.15) is 0 Å². The molecule has 4 nitrogen and oxygen atoms in total. The molecule has 5 heteroatoms. The molecule has 0 aliphatic carbocycles. The third kappa shape index (κ3) is 4.55. The van der Waals surface area contributed by atoms with Crippen molar-refractivity contribution in [2.45, 2.75) is 18.9 Å². The van der Waals surface area contributed by atoms with Gasteiger partial charge < -0.3 is 10.6 Å². The Morgan fingerprint density at radius 3 is 2.80 bits per heavy atom. The second-order valence-electron chi connectivity index (χ2n) is 4.78. The molecule has 1 aromatic rings. The van der Waals surface area contributed by atoms with Crippen LogP contribution >= 0.6 is 11.8 Å². The summed E-state index contributed by atoms with van der Waals surface area (Å²) in [6, 6.07) is 9.83. The number of nitriles is 1. The highest BCUT2D eigenvalue weighted by molar-refractivity contribution is 7.99. The molecule has 20 heavy (non-hydrogen) atoms. The van der Waals surface area contributed by atoms with Crippen LogP contribution in [-0.4, -0.2) is 36.5 Å². The van der Waals surface area contributed by atoms with E-state index in [4.69, 9.17) is 5.26 Å². The third-order valence-corrected chi connectivity index (χ3v) is 4.40. The van der Waals surface area contributed by atoms with Crippen molar-refractivity contribution in [3.05, 3.63) is 35.4 Å². The van der Waals surface area contributed by atoms with E-state index in [1.165, 1.54) is 5.56 Å². The van der Waals surface area contributed by atoms with Crippen LogP contribution in [0, 0.1) is 11.3 Å². The average Bonchev–Trinajstić information content (AvgIpc) is 2.49. The summed E-state index contributed by atoms with van der Waals surface area (Å²) in [6.07, 6.45) is 2.11. The number of amides is 1. The Morgan fingerprint density at radius 1 is 1.30 bits per heavy atom. The van der Waals surface area contributed by atoms with Gasteiger partial charge in [0, 0.05) is 18.8 Å². The Bertz CT molecular complexity index is 481. The van der Waals surface area contributed by atoms with Crippen LogP contribution in [0.3, 0.4) is 0 Å². The van der Waals surface area contributed by atoms with Crippen molar-refractivity contribution in [3.8, 4) is 6.07 Å². The third-order valence-electron chi connectivity index (χ3n) is 3.25. The number of thioether (sulfide) groups is 1. The lowest BCUT2D eigenvalue weighted by Gasteiger charge is -2.22. The first kappa shape index (κ1) is 14.9. The average molecular weight is 289 g/mol. The summed E-state index contributed by atoms with van der Waals surface area (Å²) in [6.45, 7) is 1.60. The number of hydrogen-bond acceptors (Lipinski definition) is 4. The fourth-order valence-electron chi connectivity index (χ4n) is 2.11. The highest BCUT2D eigenvalue weighted by Crippen LogP contribution is 2.11. The van der Waals surface area contributed by atoms with E-state index in [1.54, 1.807) is 0 Å². The van der Waals surface area contributed by atoms with E-state index in [9.17, 15) is 4.79 Å². The molecule has 106 valence electrons. The number of nitrogens with one attached hydrogen (secondary N) is 2. The first-order valence-corrected chi connectivity index (χ1v) is 8.03. The molecular weight excluding hydrogens is 270 g/mol. The van der Waals surface area contributed by atoms with Crippen molar-refractivity contribution in [1.29, 1.82) is 5.26 Å². The minimum atomic E-state index is -0.0383. The maximum Gasteiger partial charge on any atom is 0.238 e. The zero-order valence-electron chi connectivity index (χ0n) is 11.4. The van der Waals surface area contributed by atoms with E-state index < -0.39 is 0 Å². The number of hydrogen-bond donors (Lipinski definition) is 2. The highest BCUT2D eigenvalue weighted by Gasteiger charge is 2.20. The zero-order chi connectivity index (χ0) is 14.2. The van der Waals surface area contributed by atoms with Gasteiger partial charge in [-0.2, -0.15) is 17.0 Å². The molecule has 0 radical (unpaired) electrons. The molecule has 1 saturated heterocycles. The van der Waals surface area contributed by atoms with Gasteiger partial charge in [-0.15, -0.1) is 0 Å². The molecule has 0 aromatic heterocycles. The van der Waals surface area contributed by atoms with Gasteiger partial charge in [-0.25, -0.2) is 0 Å². The van der Waals surface area contributed by atoms with E-state index in [0.717, 1.165) is 37.4 Å². The zero-order valence-corrected chi connectivity index (χ0v) is 12.2. The van der Waals surface area contributed by atoms with Gasteiger partial charge in [-0.1, -0.05) is 12.1 Å². The van der Waals surface area contributed by atoms with Crippen LogP contribution < -0.4 is 10.6 Å². The summed E-state index contributed by atoms with van der Waals surface area (Å²) in [5.41, 5.74) is 1.97. The second kappa shape index (κ2) is 7.93. The molecule has 2 N–H and O–H groups in total. The summed E-state index contributed by atoms with van der Waals surface area (Å²) < 4.78 is 0. The summed E-state index contributed by atoms with van der Waals surface area (Å²) in [7, 11) is 0. The van der Waals surface area contributed by atoms with Gasteiger partial charge in [0.15, 0.2) is 0 Å². The molecule has 2 rings (SSSR count). The van der Waals surface area contributed by atoms with Crippen LogP contribution in [0.4, 0.5) is 0 Å². The fraction of sp³-hybridized carbons (Fsp3) is 0.467. The van der Waals surface area contributed by atoms with Crippen molar-refractivity contribution in [3.63, 3.8) is 0 Å². The topological polar surface area (TPSA) is 64.9 Å². The van der Waals surface area contributed by atoms with E-state index in [0.29, 0.717) is 5.56 Å². The Balaban J connectivity index is 1.61. The van der Waals surface area contributed by atoms with Crippen LogP contribution in [0.25, 0.3) is 0 Å². The van der Waals surface area contributed by atoms with Crippen LogP contribution in [-0.2, 0) is 11.2 Å². The Labute approximate surface area is 123 Å². The largest absolute Gasteiger partial charge is 0.353 e. The number of benzene rings is 1. The molecule has 0 saturated carbocycles. The van der Waals surface area contributed by atoms with Gasteiger partial charge in [0.2, 0.25) is 5.91 Å². The molecule has 1 amide bonds. The number of rotatable bonds is 6. The molecule has 1 aliphatic rings. The predicted octanol–water partition coefficient (Wildman–Crippen LogP) is 1.31. The Hall–Kier alpha value is -1.51. The summed E-state index contributed by atoms with van der Waals surface area (Å²) in [4.78, 5) is 11.5. The molecule has 1 atom stereocenters. The normalized spacial score (nSPS) is 18.4. The molecule has 0 unspecified atom stereocenters. The van der Waals surface area contributed by atoms with Crippen molar-refractivity contribution in [2.75, 3.05) is 24.6 Å². The Morgan fingerprint density at radius 2 is 2.10 bits per heavy atom. The minimum absolute atomic E-state index is 0.0383. The highest BCUT2D eigenvalue weighted by atomic mass is 32.2. The number of carbonyl (C=O) groups is 1. The summed E-state index contributed by atoms with van der Waals surface area (Å²) >= 11 is 1.81. The van der Waals surface area contributed by atoms with Crippen molar-refractivity contribution < 1.29 is 4.79 Å². The molecule has 0 spiro atoms. The van der Waals surface area contributed by atoms with Crippen LogP contribution in [0.2, 0.25) is 0 Å². The SMILES string of the molecule is N#Cc1ccc(CCCSC[C@H]2NCCNC2=O)cc1. The van der Waals surface area contributed by atoms with E-state index >= 15 is 0 Å². The molecule has 0 bridgehead atoms. The maximum atomic E-state index is 11.5. The molecule has 1 heterocycles. The monoisotopic (exact) mass is 289 g/mol. The lowest BCUT2D eigenvalue weighted by atomic mass is 10.1. The smallest absolute Gasteiger partial charge is 0.238 e. The number of nitrogens with zero attached hydrogens (tertiary/aromatic N) is 1. The minimum Gasteiger partial charge on any atom is -0.353 e. The van der Waals surface area contributed by atoms with Gasteiger partial charge >= 0.3 is 0 Å². The van der Waals surface area contributed by atoms with Crippen LogP contribution in [0.1, 0.15) is 17.5 Å². The Kier molecular flexibility index (Phi) is 5.90. The second-order valence-corrected chi connectivity index (χ2v) is 5.93. The van der Waals surface area contributed by atoms with Gasteiger partial charge in [0.05, 0.1) is 17.7 Å². The number of piperazine rings is 1. The molecule has 1 aromatic carbocycles. The summed E-state index contributed by atoms with van der Waals surface area (Å²) in [5.74, 6) is 2.00.